The molecule has 0 saturated carbocycles. The first-order valence-electron chi connectivity index (χ1n) is 23.7. The van der Waals surface area contributed by atoms with Crippen molar-refractivity contribution in [1.29, 1.82) is 0 Å². The Bertz CT molecular complexity index is 2960. The van der Waals surface area contributed by atoms with Crippen LogP contribution in [0.4, 0.5) is 34.1 Å². The molecule has 0 spiro atoms. The molecule has 2 aliphatic heterocycles. The van der Waals surface area contributed by atoms with Crippen LogP contribution in [0.2, 0.25) is 0 Å². The van der Waals surface area contributed by atoms with E-state index in [0.717, 1.165) is 22.9 Å². The molecule has 2 heterocycles. The lowest BCUT2D eigenvalue weighted by Gasteiger charge is -2.42. The fourth-order valence-electron chi connectivity index (χ4n) is 10.8. The number of nitrogens with zero attached hydrogens (tertiary/aromatic N) is 2. The summed E-state index contributed by atoms with van der Waals surface area (Å²) in [4.78, 5) is 5.08. The summed E-state index contributed by atoms with van der Waals surface area (Å²) in [5, 5.41) is 0. The molecule has 0 radical (unpaired) electrons. The highest BCUT2D eigenvalue weighted by Crippen LogP contribution is 2.59. The summed E-state index contributed by atoms with van der Waals surface area (Å²) in [7, 11) is 0. The van der Waals surface area contributed by atoms with E-state index >= 15 is 0 Å². The van der Waals surface area contributed by atoms with Crippen molar-refractivity contribution < 1.29 is 4.74 Å². The first kappa shape index (κ1) is 42.9. The molecule has 7 aromatic rings. The number of anilines is 6. The van der Waals surface area contributed by atoms with E-state index in [1.54, 1.807) is 0 Å². The summed E-state index contributed by atoms with van der Waals surface area (Å²) in [6.45, 7) is 32.5. The van der Waals surface area contributed by atoms with Gasteiger partial charge in [0.25, 0.3) is 6.71 Å². The lowest BCUT2D eigenvalue weighted by atomic mass is 9.34. The van der Waals surface area contributed by atoms with Gasteiger partial charge >= 0.3 is 0 Å². The lowest BCUT2D eigenvalue weighted by Crippen LogP contribution is -2.60. The Labute approximate surface area is 389 Å². The van der Waals surface area contributed by atoms with E-state index in [9.17, 15) is 0 Å². The van der Waals surface area contributed by atoms with E-state index in [1.807, 2.05) is 0 Å². The number of rotatable bonds is 4. The maximum atomic E-state index is 6.95. The van der Waals surface area contributed by atoms with Crippen LogP contribution in [0, 0.1) is 0 Å². The van der Waals surface area contributed by atoms with Gasteiger partial charge in [-0.2, -0.15) is 0 Å². The lowest BCUT2D eigenvalue weighted by molar-refractivity contribution is 0.486. The van der Waals surface area contributed by atoms with Crippen molar-refractivity contribution in [2.45, 2.75) is 124 Å². The Balaban J connectivity index is 1.26. The molecule has 3 aliphatic rings. The molecule has 0 bridgehead atoms. The summed E-state index contributed by atoms with van der Waals surface area (Å²) < 4.78 is 6.95. The van der Waals surface area contributed by atoms with E-state index < -0.39 is 0 Å². The van der Waals surface area contributed by atoms with E-state index in [2.05, 4.69) is 246 Å². The second kappa shape index (κ2) is 14.5. The van der Waals surface area contributed by atoms with Crippen LogP contribution in [0.25, 0.3) is 11.1 Å². The fourth-order valence-corrected chi connectivity index (χ4v) is 10.8. The molecule has 0 saturated heterocycles. The zero-order valence-electron chi connectivity index (χ0n) is 41.2. The van der Waals surface area contributed by atoms with Gasteiger partial charge in [-0.15, -0.1) is 0 Å². The maximum absolute atomic E-state index is 6.95. The number of benzene rings is 7. The summed E-state index contributed by atoms with van der Waals surface area (Å²) in [6.07, 6.45) is 0. The van der Waals surface area contributed by atoms with Crippen molar-refractivity contribution >= 4 is 57.2 Å². The second-order valence-electron chi connectivity index (χ2n) is 23.5. The van der Waals surface area contributed by atoms with Crippen LogP contribution >= 0.6 is 0 Å². The molecule has 0 N–H and O–H groups in total. The van der Waals surface area contributed by atoms with Crippen LogP contribution in [-0.4, -0.2) is 6.71 Å². The third kappa shape index (κ3) is 6.93. The van der Waals surface area contributed by atoms with Gasteiger partial charge in [0.1, 0.15) is 11.5 Å². The Morgan fingerprint density at radius 1 is 0.477 bits per heavy atom. The topological polar surface area (TPSA) is 15.7 Å². The van der Waals surface area contributed by atoms with Crippen LogP contribution in [0.3, 0.4) is 0 Å². The molecule has 65 heavy (non-hydrogen) atoms. The molecule has 7 aromatic carbocycles. The molecule has 328 valence electrons. The minimum atomic E-state index is -0.322. The quantitative estimate of drug-likeness (QED) is 0.164. The Morgan fingerprint density at radius 2 is 1.00 bits per heavy atom. The predicted octanol–water partition coefficient (Wildman–Crippen LogP) is 15.1. The molecule has 4 heteroatoms. The molecule has 0 unspecified atom stereocenters. The normalized spacial score (nSPS) is 14.8. The molecule has 1 aliphatic carbocycles. The first-order chi connectivity index (χ1) is 30.5. The summed E-state index contributed by atoms with van der Waals surface area (Å²) >= 11 is 0. The highest BCUT2D eigenvalue weighted by Gasteiger charge is 2.46. The van der Waals surface area contributed by atoms with Gasteiger partial charge in [-0.25, -0.2) is 0 Å². The van der Waals surface area contributed by atoms with Crippen LogP contribution in [0.1, 0.15) is 130 Å². The summed E-state index contributed by atoms with van der Waals surface area (Å²) in [6, 6.07) is 53.3. The molecule has 0 aromatic heterocycles. The molecular weight excluding hydrogens is 787 g/mol. The third-order valence-corrected chi connectivity index (χ3v) is 14.5. The van der Waals surface area contributed by atoms with Gasteiger partial charge < -0.3 is 14.5 Å². The average Bonchev–Trinajstić information content (AvgIpc) is 3.49. The van der Waals surface area contributed by atoms with Crippen molar-refractivity contribution in [2.24, 2.45) is 0 Å². The fraction of sp³-hybridized carbons (Fsp3) is 0.311. The van der Waals surface area contributed by atoms with Crippen LogP contribution in [0.15, 0.2) is 140 Å². The summed E-state index contributed by atoms with van der Waals surface area (Å²) in [5.74, 6) is 1.88. The number of ether oxygens (including phenoxy) is 1. The predicted molar refractivity (Wildman–Crippen MR) is 279 cm³/mol. The maximum Gasteiger partial charge on any atom is 0.256 e. The van der Waals surface area contributed by atoms with Gasteiger partial charge in [-0.05, 0) is 138 Å². The smallest absolute Gasteiger partial charge is 0.256 e. The first-order valence-corrected chi connectivity index (χ1v) is 23.7. The molecule has 3 nitrogen and oxygen atoms in total. The van der Waals surface area contributed by atoms with E-state index in [4.69, 9.17) is 4.74 Å². The Morgan fingerprint density at radius 3 is 1.58 bits per heavy atom. The third-order valence-electron chi connectivity index (χ3n) is 14.5. The van der Waals surface area contributed by atoms with Gasteiger partial charge in [-0.1, -0.05) is 176 Å². The zero-order chi connectivity index (χ0) is 46.2. The van der Waals surface area contributed by atoms with Gasteiger partial charge in [0.15, 0.2) is 0 Å². The van der Waals surface area contributed by atoms with E-state index in [1.165, 1.54) is 83.6 Å². The Hall–Kier alpha value is -6.00. The van der Waals surface area contributed by atoms with Crippen molar-refractivity contribution in [1.82, 2.24) is 0 Å². The SMILES string of the molecule is CC(C)(C)c1ccc(N(c2ccc(C(C)(C)C)cc2)c2ccc(N3c4ccc(C(C)(C)C)cc4B4c5cc(C(C)(C)C)ccc5Oc5cccc3c54)c3c2-c2ccccc2C3(C)C)cc1. The van der Waals surface area contributed by atoms with E-state index in [-0.39, 0.29) is 33.8 Å². The zero-order valence-corrected chi connectivity index (χ0v) is 41.2. The van der Waals surface area contributed by atoms with Crippen LogP contribution in [0.5, 0.6) is 11.5 Å². The molecular formula is C61H65BN2O. The molecule has 10 rings (SSSR count). The van der Waals surface area contributed by atoms with Crippen molar-refractivity contribution in [3.05, 3.63) is 173 Å². The van der Waals surface area contributed by atoms with Crippen LogP contribution < -0.4 is 30.9 Å². The molecule has 0 fully saturated rings. The average molecular weight is 853 g/mol. The highest BCUT2D eigenvalue weighted by atomic mass is 16.5. The molecule has 0 amide bonds. The van der Waals surface area contributed by atoms with Gasteiger partial charge in [0.2, 0.25) is 0 Å². The molecule has 0 atom stereocenters. The highest BCUT2D eigenvalue weighted by molar-refractivity contribution is 6.99. The minimum Gasteiger partial charge on any atom is -0.458 e. The second-order valence-corrected chi connectivity index (χ2v) is 23.5. The Kier molecular flexibility index (Phi) is 9.58. The van der Waals surface area contributed by atoms with Crippen molar-refractivity contribution in [2.75, 3.05) is 9.80 Å². The van der Waals surface area contributed by atoms with Gasteiger partial charge in [-0.3, -0.25) is 0 Å². The summed E-state index contributed by atoms with van der Waals surface area (Å²) in [5.41, 5.74) is 21.1. The van der Waals surface area contributed by atoms with Gasteiger partial charge in [0, 0.05) is 33.7 Å². The minimum absolute atomic E-state index is 0.00829. The van der Waals surface area contributed by atoms with Gasteiger partial charge in [0.05, 0.1) is 11.4 Å². The number of hydrogen-bond acceptors (Lipinski definition) is 3. The van der Waals surface area contributed by atoms with Crippen molar-refractivity contribution in [3.63, 3.8) is 0 Å². The largest absolute Gasteiger partial charge is 0.458 e. The number of fused-ring (bicyclic) bond motifs is 7. The monoisotopic (exact) mass is 853 g/mol. The van der Waals surface area contributed by atoms with Crippen LogP contribution in [-0.2, 0) is 27.1 Å². The van der Waals surface area contributed by atoms with Crippen molar-refractivity contribution in [3.8, 4) is 22.6 Å². The van der Waals surface area contributed by atoms with E-state index in [0.29, 0.717) is 0 Å². The standard InChI is InChI=1S/C61H65BN2O/c1-57(2,3)38-22-28-42(29-23-38)63(43-30-24-39(25-31-43)58(4,5)6)49-33-34-50(55-54(49)44-18-15-16-19-45(44)61(55,13)14)64-48-32-26-40(59(7,8)9)36-46(48)62-47-37-41(60(10,11)12)27-35-52(47)65-53-21-17-20-51(64)56(53)62/h15-37H,1-14H3. The number of hydrogen-bond donors (Lipinski definition) is 0.